The van der Waals surface area contributed by atoms with Crippen molar-refractivity contribution in [2.24, 2.45) is 0 Å². The molecule has 8 heteroatoms. The first-order chi connectivity index (χ1) is 9.10. The molecule has 2 aromatic rings. The average Bonchev–Trinajstić information content (AvgIpc) is 2.76. The number of carbonyl (C=O) groups is 1. The number of tetrazole rings is 1. The fraction of sp³-hybridized carbons (Fsp3) is 0.182. The van der Waals surface area contributed by atoms with Crippen LogP contribution in [0.3, 0.4) is 0 Å². The Morgan fingerprint density at radius 1 is 1.58 bits per heavy atom. The lowest BCUT2D eigenvalue weighted by Crippen LogP contribution is -2.11. The molecule has 1 aromatic heterocycles. The third kappa shape index (κ3) is 3.08. The van der Waals surface area contributed by atoms with Gasteiger partial charge >= 0.3 is 5.97 Å². The fourth-order valence-electron chi connectivity index (χ4n) is 1.43. The van der Waals surface area contributed by atoms with Crippen LogP contribution in [0.2, 0.25) is 0 Å². The molecule has 0 radical (unpaired) electrons. The lowest BCUT2D eigenvalue weighted by molar-refractivity contribution is -0.138. The van der Waals surface area contributed by atoms with Crippen molar-refractivity contribution in [2.75, 3.05) is 0 Å². The summed E-state index contributed by atoms with van der Waals surface area (Å²) in [4.78, 5) is 11.5. The Morgan fingerprint density at radius 3 is 3.00 bits per heavy atom. The average molecular weight is 275 g/mol. The molecule has 96 valence electrons. The summed E-state index contributed by atoms with van der Waals surface area (Å²) < 4.78 is 1.21. The number of rotatable bonds is 4. The molecule has 1 heterocycles. The normalized spacial score (nSPS) is 10.1. The Kier molecular flexibility index (Phi) is 3.77. The Morgan fingerprint density at radius 2 is 2.37 bits per heavy atom. The number of carboxylic acid groups (broad SMARTS) is 1. The van der Waals surface area contributed by atoms with Crippen LogP contribution in [-0.2, 0) is 11.3 Å². The quantitative estimate of drug-likeness (QED) is 0.890. The summed E-state index contributed by atoms with van der Waals surface area (Å²) in [6.45, 7) is 1.55. The summed E-state index contributed by atoms with van der Waals surface area (Å²) in [7, 11) is 0. The van der Waals surface area contributed by atoms with Gasteiger partial charge in [0.25, 0.3) is 0 Å². The van der Waals surface area contributed by atoms with Gasteiger partial charge in [-0.2, -0.15) is 5.26 Å². The lowest BCUT2D eigenvalue weighted by atomic mass is 10.1. The van der Waals surface area contributed by atoms with E-state index in [0.29, 0.717) is 10.7 Å². The highest BCUT2D eigenvalue weighted by Crippen LogP contribution is 2.26. The summed E-state index contributed by atoms with van der Waals surface area (Å²) in [5.74, 6) is -1.01. The molecule has 19 heavy (non-hydrogen) atoms. The molecule has 0 saturated heterocycles. The molecule has 0 aliphatic carbocycles. The van der Waals surface area contributed by atoms with E-state index in [9.17, 15) is 4.79 Å². The van der Waals surface area contributed by atoms with E-state index in [1.807, 2.05) is 13.0 Å². The first-order valence-corrected chi connectivity index (χ1v) is 6.08. The molecule has 0 fully saturated rings. The fourth-order valence-corrected chi connectivity index (χ4v) is 2.29. The van der Waals surface area contributed by atoms with Gasteiger partial charge in [-0.3, -0.25) is 4.79 Å². The van der Waals surface area contributed by atoms with Crippen molar-refractivity contribution in [3.63, 3.8) is 0 Å². The number of aliphatic carboxylic acids is 1. The second-order valence-electron chi connectivity index (χ2n) is 3.70. The molecule has 0 unspecified atom stereocenters. The van der Waals surface area contributed by atoms with E-state index in [2.05, 4.69) is 21.6 Å². The Balaban J connectivity index is 2.22. The van der Waals surface area contributed by atoms with E-state index in [0.717, 1.165) is 10.5 Å². The number of aromatic nitrogens is 4. The van der Waals surface area contributed by atoms with E-state index in [-0.39, 0.29) is 6.54 Å². The van der Waals surface area contributed by atoms with E-state index in [1.165, 1.54) is 16.4 Å². The summed E-state index contributed by atoms with van der Waals surface area (Å²) in [5, 5.41) is 28.8. The van der Waals surface area contributed by atoms with Crippen LogP contribution in [0, 0.1) is 18.3 Å². The van der Waals surface area contributed by atoms with Gasteiger partial charge in [-0.25, -0.2) is 4.68 Å². The number of nitrogens with zero attached hydrogens (tertiary/aromatic N) is 5. The van der Waals surface area contributed by atoms with Crippen LogP contribution in [0.5, 0.6) is 0 Å². The molecule has 1 N–H and O–H groups in total. The van der Waals surface area contributed by atoms with Crippen molar-refractivity contribution in [1.29, 1.82) is 5.26 Å². The van der Waals surface area contributed by atoms with Crippen LogP contribution in [-0.4, -0.2) is 31.3 Å². The van der Waals surface area contributed by atoms with E-state index < -0.39 is 5.97 Å². The van der Waals surface area contributed by atoms with Crippen LogP contribution >= 0.6 is 11.8 Å². The van der Waals surface area contributed by atoms with E-state index in [1.54, 1.807) is 12.1 Å². The van der Waals surface area contributed by atoms with Gasteiger partial charge < -0.3 is 5.11 Å². The number of nitriles is 1. The first-order valence-electron chi connectivity index (χ1n) is 5.26. The third-order valence-corrected chi connectivity index (χ3v) is 3.28. The topological polar surface area (TPSA) is 105 Å². The minimum atomic E-state index is -1.01. The molecule has 0 amide bonds. The molecule has 0 aliphatic rings. The number of carboxylic acids is 1. The van der Waals surface area contributed by atoms with Gasteiger partial charge in [-0.05, 0) is 52.9 Å². The Bertz CT molecular complexity index is 661. The zero-order valence-electron chi connectivity index (χ0n) is 9.94. The highest BCUT2D eigenvalue weighted by Gasteiger charge is 2.11. The maximum atomic E-state index is 10.6. The molecule has 7 nitrogen and oxygen atoms in total. The molecular formula is C11H9N5O2S. The van der Waals surface area contributed by atoms with Gasteiger partial charge in [0.05, 0.1) is 11.6 Å². The van der Waals surface area contributed by atoms with E-state index >= 15 is 0 Å². The molecule has 0 saturated carbocycles. The molecule has 0 bridgehead atoms. The van der Waals surface area contributed by atoms with Crippen LogP contribution in [0.15, 0.2) is 28.3 Å². The van der Waals surface area contributed by atoms with Gasteiger partial charge in [0.2, 0.25) is 5.16 Å². The summed E-state index contributed by atoms with van der Waals surface area (Å²) in [6.07, 6.45) is 0. The van der Waals surface area contributed by atoms with Crippen LogP contribution in [0.4, 0.5) is 0 Å². The molecule has 1 aromatic carbocycles. The zero-order chi connectivity index (χ0) is 13.8. The third-order valence-electron chi connectivity index (χ3n) is 2.31. The SMILES string of the molecule is Cc1cc(Sc2nnnn2CC(=O)O)ccc1C#N. The highest BCUT2D eigenvalue weighted by atomic mass is 32.2. The van der Waals surface area contributed by atoms with Gasteiger partial charge in [0, 0.05) is 4.90 Å². The molecule has 0 spiro atoms. The van der Waals surface area contributed by atoms with Crippen molar-refractivity contribution >= 4 is 17.7 Å². The summed E-state index contributed by atoms with van der Waals surface area (Å²) in [5.41, 5.74) is 1.46. The largest absolute Gasteiger partial charge is 0.480 e. The Hall–Kier alpha value is -2.40. The lowest BCUT2D eigenvalue weighted by Gasteiger charge is -2.03. The van der Waals surface area contributed by atoms with Gasteiger partial charge in [-0.15, -0.1) is 5.10 Å². The van der Waals surface area contributed by atoms with Gasteiger partial charge in [0.1, 0.15) is 6.54 Å². The minimum absolute atomic E-state index is 0.287. The summed E-state index contributed by atoms with van der Waals surface area (Å²) in [6, 6.07) is 7.41. The first kappa shape index (κ1) is 13.0. The zero-order valence-corrected chi connectivity index (χ0v) is 10.8. The molecule has 0 atom stereocenters. The van der Waals surface area contributed by atoms with Crippen LogP contribution in [0.25, 0.3) is 0 Å². The smallest absolute Gasteiger partial charge is 0.325 e. The Labute approximate surface area is 112 Å². The van der Waals surface area contributed by atoms with Gasteiger partial charge in [0.15, 0.2) is 0 Å². The van der Waals surface area contributed by atoms with E-state index in [4.69, 9.17) is 10.4 Å². The molecular weight excluding hydrogens is 266 g/mol. The second kappa shape index (κ2) is 5.49. The van der Waals surface area contributed by atoms with Gasteiger partial charge in [-0.1, -0.05) is 0 Å². The number of benzene rings is 1. The van der Waals surface area contributed by atoms with Crippen molar-refractivity contribution in [3.05, 3.63) is 29.3 Å². The number of hydrogen-bond acceptors (Lipinski definition) is 6. The second-order valence-corrected chi connectivity index (χ2v) is 4.74. The number of hydrogen-bond donors (Lipinski definition) is 1. The van der Waals surface area contributed by atoms with Crippen LogP contribution in [0.1, 0.15) is 11.1 Å². The van der Waals surface area contributed by atoms with Crippen molar-refractivity contribution < 1.29 is 9.90 Å². The highest BCUT2D eigenvalue weighted by molar-refractivity contribution is 7.99. The predicted octanol–water partition coefficient (Wildman–Crippen LogP) is 1.09. The van der Waals surface area contributed by atoms with Crippen LogP contribution < -0.4 is 0 Å². The standard InChI is InChI=1S/C11H9N5O2S/c1-7-4-9(3-2-8(7)5-12)19-11-13-14-15-16(11)6-10(17)18/h2-4H,6H2,1H3,(H,17,18). The van der Waals surface area contributed by atoms with Crippen molar-refractivity contribution in [3.8, 4) is 6.07 Å². The maximum absolute atomic E-state index is 10.6. The summed E-state index contributed by atoms with van der Waals surface area (Å²) >= 11 is 1.25. The van der Waals surface area contributed by atoms with Crippen molar-refractivity contribution in [2.45, 2.75) is 23.5 Å². The van der Waals surface area contributed by atoms with Crippen molar-refractivity contribution in [1.82, 2.24) is 20.2 Å². The maximum Gasteiger partial charge on any atom is 0.325 e. The monoisotopic (exact) mass is 275 g/mol. The minimum Gasteiger partial charge on any atom is -0.480 e. The molecule has 0 aliphatic heterocycles. The molecule has 2 rings (SSSR count). The number of aryl methyl sites for hydroxylation is 1. The predicted molar refractivity (Wildman–Crippen MR) is 65.5 cm³/mol.